The van der Waals surface area contributed by atoms with Crippen LogP contribution in [0.1, 0.15) is 25.3 Å². The molecule has 0 amide bonds. The molecular weight excluding hydrogens is 243 g/mol. The first-order chi connectivity index (χ1) is 9.16. The summed E-state index contributed by atoms with van der Waals surface area (Å²) in [6.07, 6.45) is 6.30. The van der Waals surface area contributed by atoms with Crippen LogP contribution in [-0.2, 0) is 16.0 Å². The summed E-state index contributed by atoms with van der Waals surface area (Å²) in [7, 11) is 0. The number of hydrogen-bond acceptors (Lipinski definition) is 2. The molecule has 1 aliphatic carbocycles. The van der Waals surface area contributed by atoms with Crippen LogP contribution < -0.4 is 0 Å². The molecule has 0 fully saturated rings. The van der Waals surface area contributed by atoms with Gasteiger partial charge in [-0.1, -0.05) is 37.3 Å². The van der Waals surface area contributed by atoms with Crippen LogP contribution in [0, 0.1) is 17.7 Å². The summed E-state index contributed by atoms with van der Waals surface area (Å²) in [5, 5.41) is 0. The first-order valence-corrected chi connectivity index (χ1v) is 6.71. The zero-order valence-electron chi connectivity index (χ0n) is 11.1. The number of carbonyl (C=O) groups is 1. The van der Waals surface area contributed by atoms with Crippen molar-refractivity contribution in [3.8, 4) is 0 Å². The normalized spacial score (nSPS) is 22.2. The first kappa shape index (κ1) is 13.8. The van der Waals surface area contributed by atoms with Gasteiger partial charge in [0.1, 0.15) is 5.82 Å². The van der Waals surface area contributed by atoms with E-state index < -0.39 is 0 Å². The monoisotopic (exact) mass is 262 g/mol. The Hall–Kier alpha value is -1.64. The van der Waals surface area contributed by atoms with E-state index in [1.807, 2.05) is 0 Å². The topological polar surface area (TPSA) is 26.3 Å². The van der Waals surface area contributed by atoms with Crippen molar-refractivity contribution >= 4 is 5.97 Å². The fourth-order valence-corrected chi connectivity index (χ4v) is 2.29. The molecule has 0 spiro atoms. The van der Waals surface area contributed by atoms with E-state index in [0.717, 1.165) is 12.8 Å². The van der Waals surface area contributed by atoms with Crippen molar-refractivity contribution in [3.05, 3.63) is 47.8 Å². The van der Waals surface area contributed by atoms with Gasteiger partial charge in [0.05, 0.1) is 13.0 Å². The zero-order valence-corrected chi connectivity index (χ0v) is 11.1. The number of rotatable bonds is 4. The second-order valence-corrected chi connectivity index (χ2v) is 5.13. The third kappa shape index (κ3) is 3.91. The van der Waals surface area contributed by atoms with Crippen molar-refractivity contribution in [1.29, 1.82) is 0 Å². The van der Waals surface area contributed by atoms with E-state index >= 15 is 0 Å². The molecule has 102 valence electrons. The number of benzene rings is 1. The van der Waals surface area contributed by atoms with E-state index in [-0.39, 0.29) is 18.2 Å². The van der Waals surface area contributed by atoms with Crippen molar-refractivity contribution in [2.45, 2.75) is 26.2 Å². The molecule has 19 heavy (non-hydrogen) atoms. The molecule has 1 aliphatic rings. The maximum atomic E-state index is 13.4. The van der Waals surface area contributed by atoms with Crippen molar-refractivity contribution in [3.63, 3.8) is 0 Å². The largest absolute Gasteiger partial charge is 0.465 e. The van der Waals surface area contributed by atoms with E-state index in [9.17, 15) is 9.18 Å². The minimum absolute atomic E-state index is 0.00358. The first-order valence-electron chi connectivity index (χ1n) is 6.71. The molecule has 1 aromatic rings. The van der Waals surface area contributed by atoms with Crippen LogP contribution in [0.2, 0.25) is 0 Å². The Morgan fingerprint density at radius 3 is 2.79 bits per heavy atom. The maximum absolute atomic E-state index is 13.4. The number of esters is 1. The van der Waals surface area contributed by atoms with Gasteiger partial charge in [-0.05, 0) is 36.3 Å². The van der Waals surface area contributed by atoms with Gasteiger partial charge in [-0.2, -0.15) is 0 Å². The Balaban J connectivity index is 1.82. The van der Waals surface area contributed by atoms with Crippen LogP contribution in [0.5, 0.6) is 0 Å². The molecule has 3 heteroatoms. The maximum Gasteiger partial charge on any atom is 0.310 e. The van der Waals surface area contributed by atoms with Crippen LogP contribution in [-0.4, -0.2) is 12.6 Å². The molecular formula is C16H19FO2. The van der Waals surface area contributed by atoms with Gasteiger partial charge >= 0.3 is 5.97 Å². The number of halogens is 1. The molecule has 2 nitrogen and oxygen atoms in total. The van der Waals surface area contributed by atoms with Crippen molar-refractivity contribution < 1.29 is 13.9 Å². The Kier molecular flexibility index (Phi) is 4.72. The predicted molar refractivity (Wildman–Crippen MR) is 72.1 cm³/mol. The number of ether oxygens (including phenoxy) is 1. The lowest BCUT2D eigenvalue weighted by Gasteiger charge is -2.24. The Morgan fingerprint density at radius 2 is 2.05 bits per heavy atom. The molecule has 0 bridgehead atoms. The highest BCUT2D eigenvalue weighted by Crippen LogP contribution is 2.25. The van der Waals surface area contributed by atoms with Gasteiger partial charge in [-0.3, -0.25) is 4.79 Å². The number of allylic oxidation sites excluding steroid dienone is 2. The molecule has 2 unspecified atom stereocenters. The summed E-state index contributed by atoms with van der Waals surface area (Å²) in [6.45, 7) is 2.59. The molecule has 2 atom stereocenters. The fourth-order valence-electron chi connectivity index (χ4n) is 2.29. The molecule has 2 rings (SSSR count). The quantitative estimate of drug-likeness (QED) is 0.613. The van der Waals surface area contributed by atoms with Gasteiger partial charge in [0.2, 0.25) is 0 Å². The summed E-state index contributed by atoms with van der Waals surface area (Å²) in [5.41, 5.74) is 0.393. The van der Waals surface area contributed by atoms with Gasteiger partial charge in [0, 0.05) is 0 Å². The van der Waals surface area contributed by atoms with Crippen LogP contribution in [0.4, 0.5) is 4.39 Å². The summed E-state index contributed by atoms with van der Waals surface area (Å²) >= 11 is 0. The van der Waals surface area contributed by atoms with Crippen LogP contribution in [0.25, 0.3) is 0 Å². The van der Waals surface area contributed by atoms with Gasteiger partial charge in [-0.25, -0.2) is 4.39 Å². The summed E-state index contributed by atoms with van der Waals surface area (Å²) in [4.78, 5) is 11.7. The summed E-state index contributed by atoms with van der Waals surface area (Å²) < 4.78 is 18.7. The second-order valence-electron chi connectivity index (χ2n) is 5.13. The van der Waals surface area contributed by atoms with Crippen LogP contribution in [0.15, 0.2) is 36.4 Å². The van der Waals surface area contributed by atoms with Gasteiger partial charge in [-0.15, -0.1) is 0 Å². The smallest absolute Gasteiger partial charge is 0.310 e. The molecule has 1 aromatic carbocycles. The molecule has 0 aromatic heterocycles. The molecule has 0 saturated carbocycles. The van der Waals surface area contributed by atoms with Crippen molar-refractivity contribution in [2.24, 2.45) is 11.8 Å². The number of carbonyl (C=O) groups excluding carboxylic acids is 1. The average Bonchev–Trinajstić information content (AvgIpc) is 2.40. The second kappa shape index (κ2) is 6.50. The van der Waals surface area contributed by atoms with Crippen molar-refractivity contribution in [2.75, 3.05) is 6.61 Å². The van der Waals surface area contributed by atoms with E-state index in [0.29, 0.717) is 24.0 Å². The highest BCUT2D eigenvalue weighted by Gasteiger charge is 2.20. The van der Waals surface area contributed by atoms with E-state index in [2.05, 4.69) is 19.1 Å². The number of hydrogen-bond donors (Lipinski definition) is 0. The van der Waals surface area contributed by atoms with Crippen LogP contribution >= 0.6 is 0 Å². The average molecular weight is 262 g/mol. The summed E-state index contributed by atoms with van der Waals surface area (Å²) in [5.74, 6) is 0.209. The van der Waals surface area contributed by atoms with Gasteiger partial charge < -0.3 is 4.74 Å². The third-order valence-electron chi connectivity index (χ3n) is 3.67. The zero-order chi connectivity index (χ0) is 13.7. The molecule has 0 N–H and O–H groups in total. The lowest BCUT2D eigenvalue weighted by Crippen LogP contribution is -2.22. The van der Waals surface area contributed by atoms with Gasteiger partial charge in [0.25, 0.3) is 0 Å². The minimum atomic E-state index is -0.355. The standard InChI is InChI=1S/C16H19FO2/c1-12-6-2-3-8-14(12)11-19-16(18)10-13-7-4-5-9-15(13)17/h2-5,7,9,12,14H,6,8,10-11H2,1H3. The predicted octanol–water partition coefficient (Wildman–Crippen LogP) is 3.51. The van der Waals surface area contributed by atoms with E-state index in [1.165, 1.54) is 6.07 Å². The lowest BCUT2D eigenvalue weighted by atomic mass is 9.85. The fraction of sp³-hybridized carbons (Fsp3) is 0.438. The SMILES string of the molecule is CC1CC=CCC1COC(=O)Cc1ccccc1F. The molecule has 0 radical (unpaired) electrons. The third-order valence-corrected chi connectivity index (χ3v) is 3.67. The van der Waals surface area contributed by atoms with E-state index in [4.69, 9.17) is 4.74 Å². The molecule has 0 saturated heterocycles. The Morgan fingerprint density at radius 1 is 1.32 bits per heavy atom. The summed E-state index contributed by atoms with van der Waals surface area (Å²) in [6, 6.07) is 6.30. The molecule has 0 heterocycles. The van der Waals surface area contributed by atoms with Crippen molar-refractivity contribution in [1.82, 2.24) is 0 Å². The lowest BCUT2D eigenvalue weighted by molar-refractivity contribution is -0.144. The highest BCUT2D eigenvalue weighted by atomic mass is 19.1. The van der Waals surface area contributed by atoms with Crippen LogP contribution in [0.3, 0.4) is 0 Å². The van der Waals surface area contributed by atoms with Gasteiger partial charge in [0.15, 0.2) is 0 Å². The highest BCUT2D eigenvalue weighted by molar-refractivity contribution is 5.72. The minimum Gasteiger partial charge on any atom is -0.465 e. The van der Waals surface area contributed by atoms with E-state index in [1.54, 1.807) is 18.2 Å². The Labute approximate surface area is 113 Å². The molecule has 0 aliphatic heterocycles. The Bertz CT molecular complexity index is 468.